The van der Waals surface area contributed by atoms with Crippen LogP contribution in [0.25, 0.3) is 17.0 Å². The van der Waals surface area contributed by atoms with Crippen molar-refractivity contribution in [3.05, 3.63) is 36.5 Å². The van der Waals surface area contributed by atoms with Crippen LogP contribution in [0.1, 0.15) is 26.7 Å². The van der Waals surface area contributed by atoms with Crippen molar-refractivity contribution in [2.75, 3.05) is 43.1 Å². The normalized spacial score (nSPS) is 23.5. The molecule has 1 saturated heterocycles. The highest BCUT2D eigenvalue weighted by atomic mass is 16.6. The molecule has 2 fully saturated rings. The van der Waals surface area contributed by atoms with E-state index < -0.39 is 5.79 Å². The maximum atomic E-state index is 10.1. The number of rotatable bonds is 7. The van der Waals surface area contributed by atoms with Crippen molar-refractivity contribution < 1.29 is 19.7 Å². The summed E-state index contributed by atoms with van der Waals surface area (Å²) in [6.45, 7) is 6.42. The largest absolute Gasteiger partial charge is 0.396 e. The predicted molar refractivity (Wildman–Crippen MR) is 128 cm³/mol. The summed E-state index contributed by atoms with van der Waals surface area (Å²) >= 11 is 0. The van der Waals surface area contributed by atoms with Gasteiger partial charge in [0.2, 0.25) is 5.95 Å². The second-order valence-electron chi connectivity index (χ2n) is 9.48. The molecule has 5 rings (SSSR count). The lowest BCUT2D eigenvalue weighted by atomic mass is 10.1. The molecule has 34 heavy (non-hydrogen) atoms. The fourth-order valence-corrected chi connectivity index (χ4v) is 4.79. The molecular weight excluding hydrogens is 436 g/mol. The van der Waals surface area contributed by atoms with E-state index in [1.165, 1.54) is 0 Å². The lowest BCUT2D eigenvalue weighted by Gasteiger charge is -2.29. The number of nitrogens with zero attached hydrogens (tertiary/aromatic N) is 5. The van der Waals surface area contributed by atoms with E-state index in [4.69, 9.17) is 19.6 Å². The van der Waals surface area contributed by atoms with Gasteiger partial charge in [-0.25, -0.2) is 9.97 Å². The average molecular weight is 469 g/mol. The predicted octanol–water partition coefficient (Wildman–Crippen LogP) is 1.92. The van der Waals surface area contributed by atoms with Gasteiger partial charge in [-0.2, -0.15) is 4.52 Å². The summed E-state index contributed by atoms with van der Waals surface area (Å²) in [4.78, 5) is 11.5. The molecule has 2 aromatic heterocycles. The van der Waals surface area contributed by atoms with Gasteiger partial charge in [-0.3, -0.25) is 0 Å². The topological polar surface area (TPSA) is 117 Å². The maximum Gasteiger partial charge on any atom is 0.226 e. The summed E-state index contributed by atoms with van der Waals surface area (Å²) in [5.41, 5.74) is 2.78. The molecule has 1 unspecified atom stereocenters. The Balaban J connectivity index is 1.36. The highest BCUT2D eigenvalue weighted by Gasteiger charge is 2.38. The van der Waals surface area contributed by atoms with Crippen LogP contribution in [0, 0.1) is 5.92 Å². The molecule has 3 aromatic rings. The molecule has 1 aromatic carbocycles. The van der Waals surface area contributed by atoms with Crippen LogP contribution in [0.15, 0.2) is 36.5 Å². The van der Waals surface area contributed by atoms with Crippen LogP contribution in [-0.4, -0.2) is 80.6 Å². The molecule has 0 spiro atoms. The molecule has 0 bridgehead atoms. The number of ether oxygens (including phenoxy) is 2. The number of morpholine rings is 1. The summed E-state index contributed by atoms with van der Waals surface area (Å²) in [5, 5.41) is 28.0. The van der Waals surface area contributed by atoms with Gasteiger partial charge in [-0.05, 0) is 38.8 Å². The van der Waals surface area contributed by atoms with Crippen LogP contribution < -0.4 is 10.2 Å². The SMILES string of the molecule is CC(C)(O)OC1C[C@H](Nc2nccc3nc(-c4cccc(N5CCOCC5)c4)nn23)C[C@@H]1CO. The zero-order valence-corrected chi connectivity index (χ0v) is 19.6. The van der Waals surface area contributed by atoms with Crippen LogP contribution in [0.5, 0.6) is 0 Å². The van der Waals surface area contributed by atoms with E-state index in [0.717, 1.165) is 37.6 Å². The van der Waals surface area contributed by atoms with Crippen molar-refractivity contribution in [2.45, 2.75) is 44.6 Å². The van der Waals surface area contributed by atoms with Crippen molar-refractivity contribution in [3.63, 3.8) is 0 Å². The third kappa shape index (κ3) is 5.00. The minimum absolute atomic E-state index is 0.00348. The smallest absolute Gasteiger partial charge is 0.226 e. The Bertz CT molecular complexity index is 1120. The first-order valence-electron chi connectivity index (χ1n) is 11.8. The molecule has 3 atom stereocenters. The van der Waals surface area contributed by atoms with Crippen LogP contribution in [0.3, 0.4) is 0 Å². The minimum Gasteiger partial charge on any atom is -0.396 e. The second-order valence-corrected chi connectivity index (χ2v) is 9.48. The summed E-state index contributed by atoms with van der Waals surface area (Å²) in [5.74, 6) is -0.0838. The van der Waals surface area contributed by atoms with E-state index >= 15 is 0 Å². The Morgan fingerprint density at radius 2 is 2.03 bits per heavy atom. The number of aliphatic hydroxyl groups excluding tert-OH is 1. The monoisotopic (exact) mass is 468 g/mol. The van der Waals surface area contributed by atoms with Crippen molar-refractivity contribution in [3.8, 4) is 11.4 Å². The third-order valence-electron chi connectivity index (χ3n) is 6.37. The average Bonchev–Trinajstić information content (AvgIpc) is 3.43. The summed E-state index contributed by atoms with van der Waals surface area (Å²) in [6, 6.07) is 10.1. The van der Waals surface area contributed by atoms with Gasteiger partial charge in [-0.1, -0.05) is 12.1 Å². The van der Waals surface area contributed by atoms with Crippen LogP contribution in [0.2, 0.25) is 0 Å². The number of nitrogens with one attached hydrogen (secondary N) is 1. The first-order valence-corrected chi connectivity index (χ1v) is 11.8. The number of hydrogen-bond donors (Lipinski definition) is 3. The van der Waals surface area contributed by atoms with Crippen LogP contribution in [-0.2, 0) is 9.47 Å². The molecule has 10 heteroatoms. The first-order chi connectivity index (χ1) is 16.4. The molecule has 3 heterocycles. The van der Waals surface area contributed by atoms with Gasteiger partial charge in [0, 0.05) is 55.2 Å². The Hall–Kier alpha value is -2.79. The molecule has 1 aliphatic heterocycles. The third-order valence-corrected chi connectivity index (χ3v) is 6.37. The Labute approximate surface area is 198 Å². The molecule has 3 N–H and O–H groups in total. The van der Waals surface area contributed by atoms with Crippen molar-refractivity contribution in [1.82, 2.24) is 19.6 Å². The van der Waals surface area contributed by atoms with Crippen molar-refractivity contribution >= 4 is 17.3 Å². The van der Waals surface area contributed by atoms with Crippen molar-refractivity contribution in [2.24, 2.45) is 5.92 Å². The molecule has 10 nitrogen and oxygen atoms in total. The fourth-order valence-electron chi connectivity index (χ4n) is 4.79. The van der Waals surface area contributed by atoms with E-state index in [-0.39, 0.29) is 24.7 Å². The Morgan fingerprint density at radius 1 is 1.21 bits per heavy atom. The fraction of sp³-hybridized carbons (Fsp3) is 0.542. The van der Waals surface area contributed by atoms with Crippen LogP contribution in [0.4, 0.5) is 11.6 Å². The number of benzene rings is 1. The van der Waals surface area contributed by atoms with Gasteiger partial charge in [-0.15, -0.1) is 5.10 Å². The quantitative estimate of drug-likeness (QED) is 0.447. The molecule has 182 valence electrons. The van der Waals surface area contributed by atoms with Crippen molar-refractivity contribution in [1.29, 1.82) is 0 Å². The summed E-state index contributed by atoms with van der Waals surface area (Å²) in [6.07, 6.45) is 2.83. The van der Waals surface area contributed by atoms with Gasteiger partial charge >= 0.3 is 0 Å². The number of aromatic nitrogens is 4. The molecule has 1 saturated carbocycles. The summed E-state index contributed by atoms with van der Waals surface area (Å²) < 4.78 is 13.0. The minimum atomic E-state index is -1.25. The van der Waals surface area contributed by atoms with Crippen LogP contribution >= 0.6 is 0 Å². The highest BCUT2D eigenvalue weighted by Crippen LogP contribution is 2.33. The molecule has 0 radical (unpaired) electrons. The number of aliphatic hydroxyl groups is 2. The summed E-state index contributed by atoms with van der Waals surface area (Å²) in [7, 11) is 0. The van der Waals surface area contributed by atoms with E-state index in [1.54, 1.807) is 24.6 Å². The standard InChI is InChI=1S/C24H32N6O4/c1-24(2,32)34-20-14-18(12-17(20)15-31)26-23-25-7-6-21-27-22(28-30(21)23)16-4-3-5-19(13-16)29-8-10-33-11-9-29/h3-7,13,17-18,20,31-32H,8-12,14-15H2,1-2H3,(H,25,26)/t17-,18-,20?/m1/s1. The van der Waals surface area contributed by atoms with E-state index in [1.807, 2.05) is 18.2 Å². The van der Waals surface area contributed by atoms with Gasteiger partial charge in [0.1, 0.15) is 0 Å². The lowest BCUT2D eigenvalue weighted by molar-refractivity contribution is -0.214. The lowest BCUT2D eigenvalue weighted by Crippen LogP contribution is -2.36. The van der Waals surface area contributed by atoms with E-state index in [0.29, 0.717) is 30.3 Å². The highest BCUT2D eigenvalue weighted by molar-refractivity contribution is 5.65. The molecule has 2 aliphatic rings. The zero-order valence-electron chi connectivity index (χ0n) is 19.6. The van der Waals surface area contributed by atoms with Gasteiger partial charge in [0.15, 0.2) is 17.3 Å². The van der Waals surface area contributed by atoms with Gasteiger partial charge < -0.3 is 29.9 Å². The Morgan fingerprint density at radius 3 is 2.79 bits per heavy atom. The maximum absolute atomic E-state index is 10.1. The molecule has 1 aliphatic carbocycles. The number of hydrogen-bond acceptors (Lipinski definition) is 9. The first kappa shape index (κ1) is 23.0. The van der Waals surface area contributed by atoms with E-state index in [2.05, 4.69) is 27.3 Å². The second kappa shape index (κ2) is 9.46. The van der Waals surface area contributed by atoms with Gasteiger partial charge in [0.05, 0.1) is 19.3 Å². The molecular formula is C24H32N6O4. The number of anilines is 2. The zero-order chi connectivity index (χ0) is 23.7. The van der Waals surface area contributed by atoms with E-state index in [9.17, 15) is 10.2 Å². The van der Waals surface area contributed by atoms with Gasteiger partial charge in [0.25, 0.3) is 0 Å². The number of fused-ring (bicyclic) bond motifs is 1. The Kier molecular flexibility index (Phi) is 6.39. The molecule has 0 amide bonds.